The van der Waals surface area contributed by atoms with Crippen LogP contribution in [-0.2, 0) is 16.4 Å². The fourth-order valence-corrected chi connectivity index (χ4v) is 4.69. The van der Waals surface area contributed by atoms with E-state index >= 15 is 0 Å². The van der Waals surface area contributed by atoms with Gasteiger partial charge in [0.1, 0.15) is 5.69 Å². The van der Waals surface area contributed by atoms with Gasteiger partial charge in [-0.2, -0.15) is 0 Å². The van der Waals surface area contributed by atoms with Crippen molar-refractivity contribution in [2.75, 3.05) is 0 Å². The largest absolute Gasteiger partial charge is 0.351 e. The van der Waals surface area contributed by atoms with Crippen LogP contribution in [0.4, 0.5) is 0 Å². The monoisotopic (exact) mass is 449 g/mol. The molecular formula is C24H23N3O4S. The van der Waals surface area contributed by atoms with E-state index in [1.807, 2.05) is 6.92 Å². The van der Waals surface area contributed by atoms with Gasteiger partial charge in [-0.25, -0.2) is 8.42 Å². The predicted octanol–water partition coefficient (Wildman–Crippen LogP) is 3.96. The average Bonchev–Trinajstić information content (AvgIpc) is 3.16. The van der Waals surface area contributed by atoms with Crippen LogP contribution in [0.1, 0.15) is 44.6 Å². The fraction of sp³-hybridized carbons (Fsp3) is 0.125. The Bertz CT molecular complexity index is 1300. The van der Waals surface area contributed by atoms with E-state index in [1.165, 1.54) is 37.4 Å². The highest BCUT2D eigenvalue weighted by atomic mass is 32.2. The molecule has 2 N–H and O–H groups in total. The lowest BCUT2D eigenvalue weighted by Gasteiger charge is -2.10. The first-order valence-electron chi connectivity index (χ1n) is 9.78. The number of aromatic amines is 1. The number of aryl methyl sites for hydroxylation is 1. The van der Waals surface area contributed by atoms with E-state index in [0.29, 0.717) is 5.69 Å². The molecule has 1 heterocycles. The zero-order valence-electron chi connectivity index (χ0n) is 17.8. The summed E-state index contributed by atoms with van der Waals surface area (Å²) in [6, 6.07) is 14.1. The van der Waals surface area contributed by atoms with Gasteiger partial charge in [0.2, 0.25) is 9.84 Å². The molecule has 2 aromatic carbocycles. The van der Waals surface area contributed by atoms with Crippen LogP contribution >= 0.6 is 0 Å². The Morgan fingerprint density at radius 2 is 1.81 bits per heavy atom. The van der Waals surface area contributed by atoms with Crippen molar-refractivity contribution in [3.8, 4) is 0 Å². The Morgan fingerprint density at radius 3 is 2.47 bits per heavy atom. The van der Waals surface area contributed by atoms with Crippen LogP contribution in [0.3, 0.4) is 0 Å². The first-order valence-corrected chi connectivity index (χ1v) is 11.3. The van der Waals surface area contributed by atoms with E-state index in [0.717, 1.165) is 16.8 Å². The van der Waals surface area contributed by atoms with E-state index in [-0.39, 0.29) is 33.6 Å². The Kier molecular flexibility index (Phi) is 6.85. The molecule has 0 aliphatic heterocycles. The third-order valence-corrected chi connectivity index (χ3v) is 6.72. The molecule has 1 aromatic heterocycles. The number of hydrogen-bond acceptors (Lipinski definition) is 5. The number of benzene rings is 2. The lowest BCUT2D eigenvalue weighted by Crippen LogP contribution is -2.23. The minimum absolute atomic E-state index is 0.0211. The van der Waals surface area contributed by atoms with E-state index < -0.39 is 9.84 Å². The smallest absolute Gasteiger partial charge is 0.267 e. The summed E-state index contributed by atoms with van der Waals surface area (Å²) in [5.74, 6) is -0.603. The van der Waals surface area contributed by atoms with Crippen molar-refractivity contribution in [3.05, 3.63) is 88.9 Å². The lowest BCUT2D eigenvalue weighted by atomic mass is 10.1. The second-order valence-electron chi connectivity index (χ2n) is 7.16. The lowest BCUT2D eigenvalue weighted by molar-refractivity contribution is 0.0945. The summed E-state index contributed by atoms with van der Waals surface area (Å²) in [5, 5.41) is 2.80. The molecule has 164 valence electrons. The van der Waals surface area contributed by atoms with Gasteiger partial charge in [-0.05, 0) is 62.0 Å². The Labute approximate surface area is 186 Å². The van der Waals surface area contributed by atoms with Gasteiger partial charge in [-0.15, -0.1) is 0 Å². The highest BCUT2D eigenvalue weighted by molar-refractivity contribution is 7.91. The van der Waals surface area contributed by atoms with Crippen molar-refractivity contribution >= 4 is 34.3 Å². The van der Waals surface area contributed by atoms with Gasteiger partial charge in [0, 0.05) is 24.0 Å². The summed E-state index contributed by atoms with van der Waals surface area (Å²) in [7, 11) is -3.85. The van der Waals surface area contributed by atoms with Crippen LogP contribution in [0.15, 0.2) is 75.6 Å². The highest BCUT2D eigenvalue weighted by Crippen LogP contribution is 2.25. The van der Waals surface area contributed by atoms with Crippen LogP contribution in [0.2, 0.25) is 0 Å². The molecule has 0 spiro atoms. The minimum atomic E-state index is -3.85. The number of H-pyrrole nitrogens is 1. The molecule has 0 aliphatic carbocycles. The minimum Gasteiger partial charge on any atom is -0.351 e. The van der Waals surface area contributed by atoms with Crippen LogP contribution < -0.4 is 5.32 Å². The summed E-state index contributed by atoms with van der Waals surface area (Å²) < 4.78 is 26.0. The quantitative estimate of drug-likeness (QED) is 0.401. The summed E-state index contributed by atoms with van der Waals surface area (Å²) >= 11 is 0. The van der Waals surface area contributed by atoms with Crippen molar-refractivity contribution in [1.29, 1.82) is 0 Å². The van der Waals surface area contributed by atoms with E-state index in [4.69, 9.17) is 0 Å². The third kappa shape index (κ3) is 4.92. The topological polar surface area (TPSA) is 108 Å². The van der Waals surface area contributed by atoms with E-state index in [9.17, 15) is 18.0 Å². The van der Waals surface area contributed by atoms with Crippen molar-refractivity contribution in [2.24, 2.45) is 4.99 Å². The number of nitrogens with zero attached hydrogens (tertiary/aromatic N) is 1. The molecule has 0 saturated heterocycles. The number of nitrogens with one attached hydrogen (secondary N) is 2. The standard InChI is InChI=1S/C24H23N3O4S/c1-16-14-22(27-21(16)12-13-25-3)24(29)26-15-18-8-10-19(11-9-18)32(30,31)23-7-5-4-6-20(23)17(2)28/h4-14,27H,3,15H2,1-2H3,(H,26,29)/b13-12-. The molecule has 3 aromatic rings. The molecule has 1 amide bonds. The van der Waals surface area contributed by atoms with Gasteiger partial charge in [0.25, 0.3) is 5.91 Å². The number of Topliss-reactive ketones (excluding diaryl/α,β-unsaturated/α-hetero) is 1. The second-order valence-corrected chi connectivity index (χ2v) is 9.08. The maximum atomic E-state index is 13.0. The number of rotatable bonds is 8. The highest BCUT2D eigenvalue weighted by Gasteiger charge is 2.22. The second kappa shape index (κ2) is 9.57. The number of amides is 1. The number of aromatic nitrogens is 1. The molecule has 8 heteroatoms. The SMILES string of the molecule is C=N/C=C\c1[nH]c(C(=O)NCc2ccc(S(=O)(=O)c3ccccc3C(C)=O)cc2)cc1C. The van der Waals surface area contributed by atoms with Gasteiger partial charge in [-0.1, -0.05) is 30.3 Å². The summed E-state index contributed by atoms with van der Waals surface area (Å²) in [6.45, 7) is 6.81. The molecule has 3 rings (SSSR count). The maximum Gasteiger partial charge on any atom is 0.267 e. The van der Waals surface area contributed by atoms with Gasteiger partial charge in [0.05, 0.1) is 9.79 Å². The number of carbonyl (C=O) groups is 2. The number of hydrogen-bond donors (Lipinski definition) is 2. The van der Waals surface area contributed by atoms with Crippen LogP contribution in [-0.4, -0.2) is 31.8 Å². The Morgan fingerprint density at radius 1 is 1.12 bits per heavy atom. The van der Waals surface area contributed by atoms with Crippen LogP contribution in [0, 0.1) is 6.92 Å². The van der Waals surface area contributed by atoms with Crippen molar-refractivity contribution in [3.63, 3.8) is 0 Å². The van der Waals surface area contributed by atoms with E-state index in [1.54, 1.807) is 36.4 Å². The molecule has 0 radical (unpaired) electrons. The molecular weight excluding hydrogens is 426 g/mol. The molecule has 0 fully saturated rings. The number of ketones is 1. The van der Waals surface area contributed by atoms with Gasteiger partial charge in [0.15, 0.2) is 5.78 Å². The zero-order chi connectivity index (χ0) is 23.3. The Balaban J connectivity index is 1.73. The molecule has 0 saturated carbocycles. The summed E-state index contributed by atoms with van der Waals surface area (Å²) in [5.41, 5.74) is 2.96. The number of sulfone groups is 1. The van der Waals surface area contributed by atoms with Crippen molar-refractivity contribution in [2.45, 2.75) is 30.2 Å². The summed E-state index contributed by atoms with van der Waals surface area (Å²) in [4.78, 5) is 31.0. The zero-order valence-corrected chi connectivity index (χ0v) is 18.6. The number of aliphatic imine (C=N–C) groups is 1. The van der Waals surface area contributed by atoms with Crippen LogP contribution in [0.25, 0.3) is 6.08 Å². The maximum absolute atomic E-state index is 13.0. The number of carbonyl (C=O) groups excluding carboxylic acids is 2. The van der Waals surface area contributed by atoms with E-state index in [2.05, 4.69) is 22.0 Å². The van der Waals surface area contributed by atoms with Crippen molar-refractivity contribution < 1.29 is 18.0 Å². The average molecular weight is 450 g/mol. The first-order chi connectivity index (χ1) is 15.2. The first kappa shape index (κ1) is 22.9. The third-order valence-electron chi connectivity index (χ3n) is 4.89. The molecule has 7 nitrogen and oxygen atoms in total. The predicted molar refractivity (Wildman–Crippen MR) is 124 cm³/mol. The molecule has 0 unspecified atom stereocenters. The van der Waals surface area contributed by atoms with Crippen molar-refractivity contribution in [1.82, 2.24) is 10.3 Å². The van der Waals surface area contributed by atoms with Gasteiger partial charge >= 0.3 is 0 Å². The van der Waals surface area contributed by atoms with Gasteiger partial charge < -0.3 is 10.3 Å². The molecule has 32 heavy (non-hydrogen) atoms. The van der Waals surface area contributed by atoms with Crippen LogP contribution in [0.5, 0.6) is 0 Å². The molecule has 0 atom stereocenters. The Hall–Kier alpha value is -3.78. The normalized spacial score (nSPS) is 11.4. The molecule has 0 bridgehead atoms. The van der Waals surface area contributed by atoms with Gasteiger partial charge in [-0.3, -0.25) is 14.6 Å². The summed E-state index contributed by atoms with van der Waals surface area (Å²) in [6.07, 6.45) is 3.26. The fourth-order valence-electron chi connectivity index (χ4n) is 3.18. The molecule has 0 aliphatic rings.